The molecule has 0 atom stereocenters. The third kappa shape index (κ3) is 3.98. The summed E-state index contributed by atoms with van der Waals surface area (Å²) in [4.78, 5) is 12.4. The minimum Gasteiger partial charge on any atom is -0.350 e. The van der Waals surface area contributed by atoms with Crippen LogP contribution in [0.2, 0.25) is 0 Å². The third-order valence-electron chi connectivity index (χ3n) is 2.50. The van der Waals surface area contributed by atoms with Crippen LogP contribution in [-0.2, 0) is 6.54 Å². The summed E-state index contributed by atoms with van der Waals surface area (Å²) in [6, 6.07) is 13.9. The van der Waals surface area contributed by atoms with Gasteiger partial charge in [-0.1, -0.05) is 36.4 Å². The standard InChI is InChI=1S/C14H16N2OS/c17-14(13-7-4-10-18-13)16-9-8-15-11-12-5-2-1-3-6-12/h1-7,10,15H,8-9,11H2,(H,16,17). The number of hydrogen-bond donors (Lipinski definition) is 2. The number of carbonyl (C=O) groups excluding carboxylic acids is 1. The van der Waals surface area contributed by atoms with E-state index < -0.39 is 0 Å². The zero-order valence-electron chi connectivity index (χ0n) is 10.1. The van der Waals surface area contributed by atoms with Crippen molar-refractivity contribution in [3.8, 4) is 0 Å². The maximum absolute atomic E-state index is 11.6. The molecule has 2 N–H and O–H groups in total. The molecule has 2 rings (SSSR count). The molecule has 94 valence electrons. The van der Waals surface area contributed by atoms with Crippen LogP contribution >= 0.6 is 11.3 Å². The van der Waals surface area contributed by atoms with E-state index in [2.05, 4.69) is 22.8 Å². The second-order valence-electron chi connectivity index (χ2n) is 3.90. The van der Waals surface area contributed by atoms with Gasteiger partial charge in [-0.3, -0.25) is 4.79 Å². The van der Waals surface area contributed by atoms with Crippen LogP contribution in [-0.4, -0.2) is 19.0 Å². The smallest absolute Gasteiger partial charge is 0.261 e. The van der Waals surface area contributed by atoms with Gasteiger partial charge in [-0.05, 0) is 17.0 Å². The van der Waals surface area contributed by atoms with Gasteiger partial charge in [0, 0.05) is 19.6 Å². The van der Waals surface area contributed by atoms with Gasteiger partial charge in [-0.15, -0.1) is 11.3 Å². The molecule has 0 aliphatic carbocycles. The fourth-order valence-corrected chi connectivity index (χ4v) is 2.23. The zero-order chi connectivity index (χ0) is 12.6. The van der Waals surface area contributed by atoms with Crippen LogP contribution in [0.5, 0.6) is 0 Å². The van der Waals surface area contributed by atoms with E-state index in [1.54, 1.807) is 0 Å². The van der Waals surface area contributed by atoms with Gasteiger partial charge in [0.15, 0.2) is 0 Å². The van der Waals surface area contributed by atoms with Crippen molar-refractivity contribution >= 4 is 17.2 Å². The summed E-state index contributed by atoms with van der Waals surface area (Å²) in [5.74, 6) is 0.00603. The predicted molar refractivity (Wildman–Crippen MR) is 74.8 cm³/mol. The lowest BCUT2D eigenvalue weighted by molar-refractivity contribution is 0.0958. The summed E-state index contributed by atoms with van der Waals surface area (Å²) < 4.78 is 0. The Bertz CT molecular complexity index is 468. The summed E-state index contributed by atoms with van der Waals surface area (Å²) >= 11 is 1.46. The molecule has 0 fully saturated rings. The highest BCUT2D eigenvalue weighted by molar-refractivity contribution is 7.12. The Labute approximate surface area is 111 Å². The second kappa shape index (κ2) is 6.93. The van der Waals surface area contributed by atoms with E-state index in [1.165, 1.54) is 16.9 Å². The number of amides is 1. The van der Waals surface area contributed by atoms with Crippen LogP contribution < -0.4 is 10.6 Å². The molecule has 3 nitrogen and oxygen atoms in total. The van der Waals surface area contributed by atoms with Gasteiger partial charge in [0.2, 0.25) is 0 Å². The molecule has 0 aliphatic heterocycles. The van der Waals surface area contributed by atoms with Gasteiger partial charge in [-0.2, -0.15) is 0 Å². The Balaban J connectivity index is 1.61. The van der Waals surface area contributed by atoms with Gasteiger partial charge in [0.25, 0.3) is 5.91 Å². The molecule has 0 spiro atoms. The van der Waals surface area contributed by atoms with E-state index >= 15 is 0 Å². The van der Waals surface area contributed by atoms with Crippen molar-refractivity contribution in [2.45, 2.75) is 6.54 Å². The number of rotatable bonds is 6. The highest BCUT2D eigenvalue weighted by Gasteiger charge is 2.04. The molecule has 0 saturated heterocycles. The fourth-order valence-electron chi connectivity index (χ4n) is 1.59. The predicted octanol–water partition coefficient (Wildman–Crippen LogP) is 2.27. The van der Waals surface area contributed by atoms with Crippen molar-refractivity contribution < 1.29 is 4.79 Å². The van der Waals surface area contributed by atoms with E-state index in [0.717, 1.165) is 18.0 Å². The molecular weight excluding hydrogens is 244 g/mol. The lowest BCUT2D eigenvalue weighted by atomic mass is 10.2. The molecule has 0 bridgehead atoms. The summed E-state index contributed by atoms with van der Waals surface area (Å²) in [5, 5.41) is 8.08. The lowest BCUT2D eigenvalue weighted by Gasteiger charge is -2.06. The number of nitrogens with one attached hydrogen (secondary N) is 2. The number of hydrogen-bond acceptors (Lipinski definition) is 3. The van der Waals surface area contributed by atoms with Gasteiger partial charge < -0.3 is 10.6 Å². The van der Waals surface area contributed by atoms with Crippen molar-refractivity contribution in [1.29, 1.82) is 0 Å². The molecule has 1 aromatic heterocycles. The quantitative estimate of drug-likeness (QED) is 0.782. The average molecular weight is 260 g/mol. The maximum atomic E-state index is 11.6. The second-order valence-corrected chi connectivity index (χ2v) is 4.84. The maximum Gasteiger partial charge on any atom is 0.261 e. The molecule has 1 heterocycles. The Kier molecular flexibility index (Phi) is 4.93. The van der Waals surface area contributed by atoms with Crippen molar-refractivity contribution in [2.24, 2.45) is 0 Å². The highest BCUT2D eigenvalue weighted by Crippen LogP contribution is 2.07. The van der Waals surface area contributed by atoms with Gasteiger partial charge in [0.1, 0.15) is 0 Å². The van der Waals surface area contributed by atoms with Crippen molar-refractivity contribution in [2.75, 3.05) is 13.1 Å². The molecular formula is C14H16N2OS. The molecule has 0 aliphatic rings. The molecule has 0 unspecified atom stereocenters. The largest absolute Gasteiger partial charge is 0.350 e. The van der Waals surface area contributed by atoms with Crippen LogP contribution in [0.15, 0.2) is 47.8 Å². The van der Waals surface area contributed by atoms with Crippen molar-refractivity contribution in [3.05, 3.63) is 58.3 Å². The first-order valence-electron chi connectivity index (χ1n) is 5.92. The van der Waals surface area contributed by atoms with Gasteiger partial charge in [0.05, 0.1) is 4.88 Å². The van der Waals surface area contributed by atoms with E-state index in [-0.39, 0.29) is 5.91 Å². The van der Waals surface area contributed by atoms with Crippen LogP contribution in [0.1, 0.15) is 15.2 Å². The summed E-state index contributed by atoms with van der Waals surface area (Å²) in [6.07, 6.45) is 0. The van der Waals surface area contributed by atoms with Gasteiger partial charge >= 0.3 is 0 Å². The molecule has 18 heavy (non-hydrogen) atoms. The van der Waals surface area contributed by atoms with Crippen LogP contribution in [0.3, 0.4) is 0 Å². The summed E-state index contributed by atoms with van der Waals surface area (Å²) in [5.41, 5.74) is 1.25. The summed E-state index contributed by atoms with van der Waals surface area (Å²) in [7, 11) is 0. The van der Waals surface area contributed by atoms with Gasteiger partial charge in [-0.25, -0.2) is 0 Å². The first-order chi connectivity index (χ1) is 8.86. The van der Waals surface area contributed by atoms with Crippen molar-refractivity contribution in [1.82, 2.24) is 10.6 Å². The minimum absolute atomic E-state index is 0.00603. The SMILES string of the molecule is O=C(NCCNCc1ccccc1)c1cccs1. The van der Waals surface area contributed by atoms with E-state index in [9.17, 15) is 4.79 Å². The lowest BCUT2D eigenvalue weighted by Crippen LogP contribution is -2.31. The third-order valence-corrected chi connectivity index (χ3v) is 3.37. The van der Waals surface area contributed by atoms with Crippen LogP contribution in [0, 0.1) is 0 Å². The van der Waals surface area contributed by atoms with E-state index in [1.807, 2.05) is 35.7 Å². The Morgan fingerprint density at radius 2 is 1.89 bits per heavy atom. The number of carbonyl (C=O) groups is 1. The van der Waals surface area contributed by atoms with Crippen LogP contribution in [0.4, 0.5) is 0 Å². The van der Waals surface area contributed by atoms with Crippen LogP contribution in [0.25, 0.3) is 0 Å². The molecule has 2 aromatic rings. The monoisotopic (exact) mass is 260 g/mol. The van der Waals surface area contributed by atoms with Crippen molar-refractivity contribution in [3.63, 3.8) is 0 Å². The van der Waals surface area contributed by atoms with E-state index in [4.69, 9.17) is 0 Å². The molecule has 0 saturated carbocycles. The molecule has 0 radical (unpaired) electrons. The molecule has 1 amide bonds. The Morgan fingerprint density at radius 3 is 2.61 bits per heavy atom. The zero-order valence-corrected chi connectivity index (χ0v) is 10.9. The summed E-state index contributed by atoms with van der Waals surface area (Å²) in [6.45, 7) is 2.24. The number of thiophene rings is 1. The average Bonchev–Trinajstić information content (AvgIpc) is 2.93. The Morgan fingerprint density at radius 1 is 1.06 bits per heavy atom. The number of benzene rings is 1. The van der Waals surface area contributed by atoms with E-state index in [0.29, 0.717) is 6.54 Å². The normalized spacial score (nSPS) is 10.2. The molecule has 1 aromatic carbocycles. The fraction of sp³-hybridized carbons (Fsp3) is 0.214. The minimum atomic E-state index is 0.00603. The molecule has 4 heteroatoms. The first kappa shape index (κ1) is 12.8. The highest BCUT2D eigenvalue weighted by atomic mass is 32.1. The first-order valence-corrected chi connectivity index (χ1v) is 6.80. The Hall–Kier alpha value is -1.65. The topological polar surface area (TPSA) is 41.1 Å².